The minimum atomic E-state index is -1.03. The molecule has 0 spiro atoms. The molecule has 0 radical (unpaired) electrons. The first kappa shape index (κ1) is 14.3. The van der Waals surface area contributed by atoms with Crippen LogP contribution in [-0.2, 0) is 14.3 Å². The molecule has 0 aromatic carbocycles. The van der Waals surface area contributed by atoms with Gasteiger partial charge in [-0.1, -0.05) is 19.8 Å². The number of morpholine rings is 1. The van der Waals surface area contributed by atoms with Gasteiger partial charge in [0.1, 0.15) is 0 Å². The molecule has 1 saturated carbocycles. The van der Waals surface area contributed by atoms with Gasteiger partial charge >= 0.3 is 5.97 Å². The summed E-state index contributed by atoms with van der Waals surface area (Å²) < 4.78 is 5.15. The fourth-order valence-corrected chi connectivity index (χ4v) is 3.12. The summed E-state index contributed by atoms with van der Waals surface area (Å²) in [6.45, 7) is 2.82. The first-order valence-electron chi connectivity index (χ1n) is 6.84. The first-order chi connectivity index (χ1) is 8.94. The van der Waals surface area contributed by atoms with Crippen molar-refractivity contribution in [3.8, 4) is 0 Å². The smallest absolute Gasteiger partial charge is 0.328 e. The number of rotatable bonds is 2. The Morgan fingerprint density at radius 2 is 2.21 bits per heavy atom. The molecule has 1 amide bonds. The third kappa shape index (κ3) is 2.90. The number of carbonyl (C=O) groups excluding carboxylic acids is 1. The highest BCUT2D eigenvalue weighted by Crippen LogP contribution is 2.32. The maximum atomic E-state index is 12.6. The van der Waals surface area contributed by atoms with Crippen LogP contribution in [0.15, 0.2) is 0 Å². The summed E-state index contributed by atoms with van der Waals surface area (Å²) in [5, 5.41) is 9.18. The van der Waals surface area contributed by atoms with Crippen molar-refractivity contribution in [2.45, 2.75) is 44.2 Å². The lowest BCUT2D eigenvalue weighted by atomic mass is 9.76. The molecule has 19 heavy (non-hydrogen) atoms. The lowest BCUT2D eigenvalue weighted by molar-refractivity contribution is -0.161. The molecule has 3 N–H and O–H groups in total. The minimum Gasteiger partial charge on any atom is -0.480 e. The van der Waals surface area contributed by atoms with Gasteiger partial charge in [0, 0.05) is 6.54 Å². The molecule has 3 unspecified atom stereocenters. The van der Waals surface area contributed by atoms with E-state index in [1.165, 1.54) is 4.90 Å². The van der Waals surface area contributed by atoms with Gasteiger partial charge in [-0.25, -0.2) is 4.79 Å². The highest BCUT2D eigenvalue weighted by molar-refractivity contribution is 5.90. The number of carboxylic acid groups (broad SMARTS) is 1. The van der Waals surface area contributed by atoms with Gasteiger partial charge in [-0.2, -0.15) is 0 Å². The van der Waals surface area contributed by atoms with E-state index in [0.29, 0.717) is 31.9 Å². The molecule has 6 heteroatoms. The van der Waals surface area contributed by atoms with Crippen LogP contribution in [0.5, 0.6) is 0 Å². The Bertz CT molecular complexity index is 374. The van der Waals surface area contributed by atoms with Gasteiger partial charge in [0.15, 0.2) is 6.04 Å². The summed E-state index contributed by atoms with van der Waals surface area (Å²) in [4.78, 5) is 25.2. The predicted molar refractivity (Wildman–Crippen MR) is 68.5 cm³/mol. The Morgan fingerprint density at radius 1 is 1.47 bits per heavy atom. The topological polar surface area (TPSA) is 92.9 Å². The Hall–Kier alpha value is -1.14. The van der Waals surface area contributed by atoms with E-state index in [0.717, 1.165) is 12.8 Å². The van der Waals surface area contributed by atoms with Crippen molar-refractivity contribution >= 4 is 11.9 Å². The Labute approximate surface area is 112 Å². The van der Waals surface area contributed by atoms with Gasteiger partial charge in [-0.3, -0.25) is 4.79 Å². The number of hydrogen-bond donors (Lipinski definition) is 2. The molecule has 0 aromatic rings. The molecule has 6 nitrogen and oxygen atoms in total. The highest BCUT2D eigenvalue weighted by Gasteiger charge is 2.44. The molecule has 1 aliphatic carbocycles. The molecular weight excluding hydrogens is 248 g/mol. The summed E-state index contributed by atoms with van der Waals surface area (Å²) in [7, 11) is 0. The van der Waals surface area contributed by atoms with E-state index in [9.17, 15) is 14.7 Å². The Balaban J connectivity index is 2.14. The lowest BCUT2D eigenvalue weighted by Crippen LogP contribution is -2.63. The van der Waals surface area contributed by atoms with Crippen molar-refractivity contribution in [2.75, 3.05) is 19.8 Å². The van der Waals surface area contributed by atoms with E-state index >= 15 is 0 Å². The summed E-state index contributed by atoms with van der Waals surface area (Å²) in [6.07, 6.45) is 3.28. The van der Waals surface area contributed by atoms with Gasteiger partial charge in [-0.15, -0.1) is 0 Å². The molecule has 0 bridgehead atoms. The van der Waals surface area contributed by atoms with Crippen LogP contribution in [0.2, 0.25) is 0 Å². The number of hydrogen-bond acceptors (Lipinski definition) is 4. The molecule has 1 heterocycles. The molecule has 3 atom stereocenters. The van der Waals surface area contributed by atoms with Crippen LogP contribution >= 0.6 is 0 Å². The summed E-state index contributed by atoms with van der Waals surface area (Å²) in [6, 6.07) is -0.904. The van der Waals surface area contributed by atoms with Crippen molar-refractivity contribution in [3.63, 3.8) is 0 Å². The summed E-state index contributed by atoms with van der Waals surface area (Å²) in [5.41, 5.74) is 5.36. The molecule has 2 fully saturated rings. The second-order valence-electron chi connectivity index (χ2n) is 5.79. The lowest BCUT2D eigenvalue weighted by Gasteiger charge is -2.42. The van der Waals surface area contributed by atoms with E-state index < -0.39 is 17.6 Å². The number of aliphatic carboxylic acids is 1. The third-order valence-electron chi connectivity index (χ3n) is 4.13. The van der Waals surface area contributed by atoms with E-state index in [4.69, 9.17) is 10.5 Å². The van der Waals surface area contributed by atoms with Crippen molar-refractivity contribution in [3.05, 3.63) is 0 Å². The van der Waals surface area contributed by atoms with E-state index in [2.05, 4.69) is 6.92 Å². The molecule has 108 valence electrons. The number of nitrogens with two attached hydrogens (primary N) is 1. The van der Waals surface area contributed by atoms with Gasteiger partial charge in [-0.05, 0) is 18.8 Å². The standard InChI is InChI=1S/C13H22N2O4/c1-9-3-2-4-13(14,7-9)12(18)15-5-6-19-8-10(15)11(16)17/h9-10H,2-8,14H2,1H3,(H,16,17). The summed E-state index contributed by atoms with van der Waals surface area (Å²) in [5.74, 6) is -0.845. The van der Waals surface area contributed by atoms with Crippen LogP contribution in [0, 0.1) is 5.92 Å². The fourth-order valence-electron chi connectivity index (χ4n) is 3.12. The number of amides is 1. The monoisotopic (exact) mass is 270 g/mol. The number of nitrogens with zero attached hydrogens (tertiary/aromatic N) is 1. The zero-order chi connectivity index (χ0) is 14.0. The first-order valence-corrected chi connectivity index (χ1v) is 6.84. The van der Waals surface area contributed by atoms with Crippen LogP contribution in [0.1, 0.15) is 32.6 Å². The van der Waals surface area contributed by atoms with Crippen molar-refractivity contribution in [1.82, 2.24) is 4.90 Å². The Morgan fingerprint density at radius 3 is 2.84 bits per heavy atom. The van der Waals surface area contributed by atoms with Crippen LogP contribution in [0.3, 0.4) is 0 Å². The van der Waals surface area contributed by atoms with Gasteiger partial charge in [0.25, 0.3) is 0 Å². The van der Waals surface area contributed by atoms with E-state index in [1.54, 1.807) is 0 Å². The zero-order valence-corrected chi connectivity index (χ0v) is 11.3. The maximum Gasteiger partial charge on any atom is 0.328 e. The SMILES string of the molecule is CC1CCCC(N)(C(=O)N2CCOCC2C(=O)O)C1. The number of ether oxygens (including phenoxy) is 1. The average Bonchev–Trinajstić information content (AvgIpc) is 2.37. The van der Waals surface area contributed by atoms with E-state index in [-0.39, 0.29) is 12.5 Å². The number of carbonyl (C=O) groups is 2. The largest absolute Gasteiger partial charge is 0.480 e. The molecule has 1 aliphatic heterocycles. The quantitative estimate of drug-likeness (QED) is 0.748. The highest BCUT2D eigenvalue weighted by atomic mass is 16.5. The van der Waals surface area contributed by atoms with Crippen LogP contribution in [0.25, 0.3) is 0 Å². The summed E-state index contributed by atoms with van der Waals surface area (Å²) >= 11 is 0. The molecule has 2 aliphatic rings. The van der Waals surface area contributed by atoms with Crippen molar-refractivity contribution in [1.29, 1.82) is 0 Å². The molecule has 1 saturated heterocycles. The second-order valence-corrected chi connectivity index (χ2v) is 5.79. The minimum absolute atomic E-state index is 0.0483. The molecule has 2 rings (SSSR count). The van der Waals surface area contributed by atoms with Gasteiger partial charge in [0.2, 0.25) is 5.91 Å². The third-order valence-corrected chi connectivity index (χ3v) is 4.13. The fraction of sp³-hybridized carbons (Fsp3) is 0.846. The average molecular weight is 270 g/mol. The van der Waals surface area contributed by atoms with Crippen molar-refractivity contribution in [2.24, 2.45) is 11.7 Å². The van der Waals surface area contributed by atoms with E-state index in [1.807, 2.05) is 0 Å². The van der Waals surface area contributed by atoms with Gasteiger partial charge in [0.05, 0.1) is 18.8 Å². The van der Waals surface area contributed by atoms with Crippen LogP contribution < -0.4 is 5.73 Å². The van der Waals surface area contributed by atoms with Crippen LogP contribution in [0.4, 0.5) is 0 Å². The normalized spacial score (nSPS) is 36.0. The second kappa shape index (κ2) is 5.46. The van der Waals surface area contributed by atoms with Gasteiger partial charge < -0.3 is 20.5 Å². The molecule has 0 aromatic heterocycles. The van der Waals surface area contributed by atoms with Crippen molar-refractivity contribution < 1.29 is 19.4 Å². The Kier molecular flexibility index (Phi) is 4.10. The molecular formula is C13H22N2O4. The maximum absolute atomic E-state index is 12.6. The number of carboxylic acids is 1. The zero-order valence-electron chi connectivity index (χ0n) is 11.3. The predicted octanol–water partition coefficient (Wildman–Crippen LogP) is 0.206. The van der Waals surface area contributed by atoms with Crippen LogP contribution in [-0.4, -0.2) is 53.2 Å².